The van der Waals surface area contributed by atoms with E-state index in [1.165, 1.54) is 7.11 Å². The fourth-order valence-corrected chi connectivity index (χ4v) is 7.41. The van der Waals surface area contributed by atoms with Crippen LogP contribution in [0.15, 0.2) is 0 Å². The molecule has 6 nitrogen and oxygen atoms in total. The van der Waals surface area contributed by atoms with Crippen LogP contribution in [0, 0.1) is 29.0 Å². The van der Waals surface area contributed by atoms with Crippen molar-refractivity contribution in [1.82, 2.24) is 4.59 Å². The van der Waals surface area contributed by atoms with E-state index in [0.29, 0.717) is 24.7 Å². The zero-order chi connectivity index (χ0) is 22.1. The van der Waals surface area contributed by atoms with E-state index in [9.17, 15) is 23.5 Å². The Bertz CT molecular complexity index is 1070. The molecule has 1 aromatic carbocycles. The van der Waals surface area contributed by atoms with Gasteiger partial charge in [-0.2, -0.15) is 10.4 Å². The van der Waals surface area contributed by atoms with Crippen molar-refractivity contribution in [2.24, 2.45) is 29.0 Å². The highest BCUT2D eigenvalue weighted by Gasteiger charge is 2.83. The Labute approximate surface area is 176 Å². The van der Waals surface area contributed by atoms with Gasteiger partial charge >= 0.3 is 5.97 Å². The predicted octanol–water partition coefficient (Wildman–Crippen LogP) is 3.14. The minimum atomic E-state index is -1.94. The molecule has 2 aliphatic heterocycles. The highest BCUT2D eigenvalue weighted by atomic mass is 19.1. The number of carbonyl (C=O) groups excluding carboxylic acids is 1. The summed E-state index contributed by atoms with van der Waals surface area (Å²) in [7, 11) is 1.27. The minimum Gasteiger partial charge on any atom is -0.490 e. The van der Waals surface area contributed by atoms with Crippen LogP contribution in [0.25, 0.3) is 0 Å². The van der Waals surface area contributed by atoms with E-state index >= 15 is 4.39 Å². The molecule has 3 saturated carbocycles. The van der Waals surface area contributed by atoms with Crippen LogP contribution in [-0.2, 0) is 17.0 Å². The number of carbonyl (C=O) groups is 2. The number of hydrogen-bond donors (Lipinski definition) is 2. The van der Waals surface area contributed by atoms with E-state index in [1.54, 1.807) is 0 Å². The second-order valence-corrected chi connectivity index (χ2v) is 10.1. The summed E-state index contributed by atoms with van der Waals surface area (Å²) in [5.74, 6) is 3.74. The molecule has 3 fully saturated rings. The Hall–Kier alpha value is -2.13. The number of carboxylic acids is 1. The van der Waals surface area contributed by atoms with Crippen LogP contribution in [0.4, 0.5) is 18.9 Å². The minimum absolute atomic E-state index is 0.0366. The summed E-state index contributed by atoms with van der Waals surface area (Å²) < 4.78 is 49.3. The highest BCUT2D eigenvalue weighted by molar-refractivity contribution is 6.18. The van der Waals surface area contributed by atoms with Gasteiger partial charge in [-0.05, 0) is 43.4 Å². The summed E-state index contributed by atoms with van der Waals surface area (Å²) in [5, 5.41) is 10.4. The lowest BCUT2D eigenvalue weighted by atomic mass is 9.66. The lowest BCUT2D eigenvalue weighted by Gasteiger charge is -2.46. The van der Waals surface area contributed by atoms with E-state index in [4.69, 9.17) is 10.6 Å². The van der Waals surface area contributed by atoms with Gasteiger partial charge in [0.15, 0.2) is 28.7 Å². The molecule has 6 atom stereocenters. The molecule has 166 valence electrons. The summed E-state index contributed by atoms with van der Waals surface area (Å²) in [5.41, 5.74) is -4.52. The van der Waals surface area contributed by atoms with Crippen LogP contribution in [0.3, 0.4) is 0 Å². The summed E-state index contributed by atoms with van der Waals surface area (Å²) in [6, 6.07) is 0. The number of ketones is 1. The van der Waals surface area contributed by atoms with Crippen LogP contribution in [-0.4, -0.2) is 36.7 Å². The Kier molecular flexibility index (Phi) is 3.54. The van der Waals surface area contributed by atoms with Crippen LogP contribution in [0.1, 0.15) is 53.6 Å². The number of ether oxygens (including phenoxy) is 1. The second-order valence-electron chi connectivity index (χ2n) is 10.1. The van der Waals surface area contributed by atoms with Crippen molar-refractivity contribution in [3.63, 3.8) is 0 Å². The molecule has 0 aromatic heterocycles. The van der Waals surface area contributed by atoms with Crippen molar-refractivity contribution in [3.8, 4) is 5.75 Å². The Morgan fingerprint density at radius 3 is 2.39 bits per heavy atom. The SMILES string of the molecule is COc1c2c(F)c(CF)c3c1[N+](N)(CC(C(=O)O)(C1C[C@@H]4CC[C@H]4C1)C3=O)[C@]21C[C@@H]1F. The third-order valence-electron chi connectivity index (χ3n) is 9.15. The number of fused-ring (bicyclic) bond motifs is 4. The number of halogens is 3. The molecule has 0 amide bonds. The van der Waals surface area contributed by atoms with Crippen molar-refractivity contribution < 1.29 is 32.6 Å². The standard InChI is InChI=1S/C22H23F3N2O4/c1-31-18-15-16(25)12(7-23)14-17(18)27(26,22(15)6-13(22)24)8-21(19(14)28,20(29)30)11-4-9-2-3-10(9)5-11/h9-11,13H,2-8,26H2,1H3/p+1/t9-,10-,13-,21?,22-,27?/m0/s1. The summed E-state index contributed by atoms with van der Waals surface area (Å²) in [6.45, 7) is -1.69. The topological polar surface area (TPSA) is 89.6 Å². The van der Waals surface area contributed by atoms with E-state index in [0.717, 1.165) is 12.8 Å². The van der Waals surface area contributed by atoms with E-state index < -0.39 is 57.4 Å². The van der Waals surface area contributed by atoms with Gasteiger partial charge in [0.05, 0.1) is 19.1 Å². The molecule has 1 aromatic rings. The van der Waals surface area contributed by atoms with Crippen molar-refractivity contribution in [1.29, 1.82) is 0 Å². The van der Waals surface area contributed by atoms with Crippen LogP contribution >= 0.6 is 0 Å². The van der Waals surface area contributed by atoms with Crippen LogP contribution < -0.4 is 15.2 Å². The first-order chi connectivity index (χ1) is 14.7. The average Bonchev–Trinajstić information content (AvgIpc) is 3.24. The third kappa shape index (κ3) is 1.83. The quantitative estimate of drug-likeness (QED) is 0.429. The molecule has 9 heteroatoms. The summed E-state index contributed by atoms with van der Waals surface area (Å²) in [4.78, 5) is 26.7. The van der Waals surface area contributed by atoms with Gasteiger partial charge in [-0.3, -0.25) is 9.59 Å². The maximum atomic E-state index is 15.6. The second kappa shape index (κ2) is 5.61. The van der Waals surface area contributed by atoms with Crippen LogP contribution in [0.2, 0.25) is 0 Å². The van der Waals surface area contributed by atoms with E-state index in [-0.39, 0.29) is 35.5 Å². The molecule has 0 saturated heterocycles. The molecule has 2 heterocycles. The molecule has 3 aliphatic carbocycles. The number of nitrogens with zero attached hydrogens (tertiary/aromatic N) is 1. The smallest absolute Gasteiger partial charge is 0.323 e. The number of hydrogen-bond acceptors (Lipinski definition) is 4. The molecule has 2 unspecified atom stereocenters. The number of methoxy groups -OCH3 is 1. The normalized spacial score (nSPS) is 42.0. The Morgan fingerprint density at radius 2 is 1.94 bits per heavy atom. The lowest BCUT2D eigenvalue weighted by molar-refractivity contribution is -0.151. The van der Waals surface area contributed by atoms with Gasteiger partial charge in [0.1, 0.15) is 24.6 Å². The Morgan fingerprint density at radius 1 is 1.32 bits per heavy atom. The number of Topliss-reactive ketones (excluding diaryl/α,β-unsaturated/α-hetero) is 1. The van der Waals surface area contributed by atoms with Crippen molar-refractivity contribution in [3.05, 3.63) is 22.5 Å². The molecule has 1 spiro atoms. The van der Waals surface area contributed by atoms with Gasteiger partial charge in [-0.25, -0.2) is 13.2 Å². The number of nitrogens with two attached hydrogens (primary N) is 1. The van der Waals surface area contributed by atoms with Gasteiger partial charge in [0, 0.05) is 5.56 Å². The number of quaternary nitrogens is 1. The summed E-state index contributed by atoms with van der Waals surface area (Å²) in [6.07, 6.45) is 1.43. The molecule has 31 heavy (non-hydrogen) atoms. The molecular weight excluding hydrogens is 413 g/mol. The zero-order valence-corrected chi connectivity index (χ0v) is 17.1. The Balaban J connectivity index is 1.66. The fraction of sp³-hybridized carbons (Fsp3) is 0.636. The molecule has 2 bridgehead atoms. The molecule has 0 radical (unpaired) electrons. The van der Waals surface area contributed by atoms with Gasteiger partial charge in [-0.15, -0.1) is 0 Å². The first-order valence-electron chi connectivity index (χ1n) is 10.8. The van der Waals surface area contributed by atoms with Crippen LogP contribution in [0.5, 0.6) is 5.75 Å². The first kappa shape index (κ1) is 19.5. The zero-order valence-electron chi connectivity index (χ0n) is 17.1. The molecule has 6 rings (SSSR count). The van der Waals surface area contributed by atoms with Gasteiger partial charge in [-0.1, -0.05) is 0 Å². The van der Waals surface area contributed by atoms with E-state index in [2.05, 4.69) is 0 Å². The van der Waals surface area contributed by atoms with Gasteiger partial charge < -0.3 is 9.84 Å². The van der Waals surface area contributed by atoms with E-state index in [1.807, 2.05) is 0 Å². The van der Waals surface area contributed by atoms with Crippen molar-refractivity contribution >= 4 is 17.4 Å². The van der Waals surface area contributed by atoms with Gasteiger partial charge in [0.2, 0.25) is 5.69 Å². The number of carboxylic acid groups (broad SMARTS) is 1. The maximum absolute atomic E-state index is 15.6. The molecule has 5 aliphatic rings. The largest absolute Gasteiger partial charge is 0.490 e. The predicted molar refractivity (Wildman–Crippen MR) is 103 cm³/mol. The molecule has 3 N–H and O–H groups in total. The number of rotatable bonds is 4. The lowest BCUT2D eigenvalue weighted by Crippen LogP contribution is -2.71. The first-order valence-corrected chi connectivity index (χ1v) is 10.8. The van der Waals surface area contributed by atoms with Gasteiger partial charge in [0.25, 0.3) is 0 Å². The number of alkyl halides is 2. The highest BCUT2D eigenvalue weighted by Crippen LogP contribution is 2.72. The fourth-order valence-electron chi connectivity index (χ4n) is 7.41. The molecular formula is C22H24F3N2O4+. The summed E-state index contributed by atoms with van der Waals surface area (Å²) >= 11 is 0. The van der Waals surface area contributed by atoms with Crippen molar-refractivity contribution in [2.75, 3.05) is 13.7 Å². The average molecular weight is 437 g/mol. The maximum Gasteiger partial charge on any atom is 0.323 e. The monoisotopic (exact) mass is 437 g/mol. The number of aliphatic carboxylic acids is 1. The third-order valence-corrected chi connectivity index (χ3v) is 9.15. The van der Waals surface area contributed by atoms with Crippen molar-refractivity contribution in [2.45, 2.75) is 50.5 Å². The number of benzene rings is 1.